The van der Waals surface area contributed by atoms with Gasteiger partial charge in [-0.1, -0.05) is 47.2 Å². The maximum atomic E-state index is 12.7. The van der Waals surface area contributed by atoms with Crippen molar-refractivity contribution in [3.05, 3.63) is 75.3 Å². The lowest BCUT2D eigenvalue weighted by Gasteiger charge is -2.10. The molecule has 0 spiro atoms. The van der Waals surface area contributed by atoms with Gasteiger partial charge in [0.05, 0.1) is 15.1 Å². The lowest BCUT2D eigenvalue weighted by Crippen LogP contribution is -2.34. The van der Waals surface area contributed by atoms with E-state index in [0.29, 0.717) is 31.3 Å². The highest BCUT2D eigenvalue weighted by Gasteiger charge is 2.14. The first-order valence-corrected chi connectivity index (χ1v) is 9.87. The number of carbonyl (C=O) groups excluding carboxylic acids is 1. The predicted octanol–water partition coefficient (Wildman–Crippen LogP) is 5.14. The number of fused-ring (bicyclic) bond motifs is 2. The highest BCUT2D eigenvalue weighted by atomic mass is 35.5. The number of benzene rings is 3. The third-order valence-electron chi connectivity index (χ3n) is 4.14. The van der Waals surface area contributed by atoms with E-state index in [4.69, 9.17) is 23.8 Å². The van der Waals surface area contributed by atoms with Crippen molar-refractivity contribution >= 4 is 78.0 Å². The number of anilines is 1. The largest absolute Gasteiger partial charge is 0.308 e. The Morgan fingerprint density at radius 2 is 1.90 bits per heavy atom. The van der Waals surface area contributed by atoms with Gasteiger partial charge < -0.3 is 5.32 Å². The van der Waals surface area contributed by atoms with Gasteiger partial charge >= 0.3 is 0 Å². The average Bonchev–Trinajstić information content (AvgIpc) is 3.08. The molecule has 0 atom stereocenters. The van der Waals surface area contributed by atoms with E-state index in [-0.39, 0.29) is 16.7 Å². The fourth-order valence-corrected chi connectivity index (χ4v) is 4.24. The van der Waals surface area contributed by atoms with Gasteiger partial charge in [0, 0.05) is 28.1 Å². The summed E-state index contributed by atoms with van der Waals surface area (Å²) in [6, 6.07) is 15.0. The van der Waals surface area contributed by atoms with Crippen LogP contribution >= 0.6 is 35.2 Å². The summed E-state index contributed by atoms with van der Waals surface area (Å²) in [5, 5.41) is 18.9. The van der Waals surface area contributed by atoms with Gasteiger partial charge in [-0.25, -0.2) is 4.98 Å². The van der Waals surface area contributed by atoms with E-state index in [1.54, 1.807) is 30.3 Å². The molecule has 4 rings (SSSR count). The number of nitro benzene ring substituents is 1. The van der Waals surface area contributed by atoms with Gasteiger partial charge in [0.2, 0.25) is 0 Å². The number of halogens is 1. The smallest absolute Gasteiger partial charge is 0.270 e. The van der Waals surface area contributed by atoms with E-state index in [0.717, 1.165) is 5.39 Å². The van der Waals surface area contributed by atoms with Gasteiger partial charge in [0.15, 0.2) is 10.2 Å². The van der Waals surface area contributed by atoms with Gasteiger partial charge in [0.25, 0.3) is 11.6 Å². The average molecular weight is 443 g/mol. The van der Waals surface area contributed by atoms with Crippen molar-refractivity contribution in [3.63, 3.8) is 0 Å². The predicted molar refractivity (Wildman–Crippen MR) is 119 cm³/mol. The molecule has 0 unspecified atom stereocenters. The van der Waals surface area contributed by atoms with Gasteiger partial charge in [-0.05, 0) is 35.8 Å². The zero-order valence-electron chi connectivity index (χ0n) is 14.5. The number of carbonyl (C=O) groups is 1. The minimum absolute atomic E-state index is 0.0156. The second-order valence-electron chi connectivity index (χ2n) is 5.98. The molecule has 1 aromatic heterocycles. The van der Waals surface area contributed by atoms with Crippen LogP contribution in [0.25, 0.3) is 21.0 Å². The summed E-state index contributed by atoms with van der Waals surface area (Å²) in [4.78, 5) is 27.4. The minimum Gasteiger partial charge on any atom is -0.308 e. The molecule has 0 aliphatic carbocycles. The van der Waals surface area contributed by atoms with Crippen molar-refractivity contribution in [1.82, 2.24) is 10.3 Å². The first-order valence-electron chi connectivity index (χ1n) is 8.27. The van der Waals surface area contributed by atoms with Crippen LogP contribution < -0.4 is 10.6 Å². The summed E-state index contributed by atoms with van der Waals surface area (Å²) in [6.07, 6.45) is 0. The molecule has 0 aliphatic rings. The highest BCUT2D eigenvalue weighted by Crippen LogP contribution is 2.29. The molecular formula is C19H11ClN4O3S2. The molecule has 1 heterocycles. The van der Waals surface area contributed by atoms with Gasteiger partial charge in [-0.3, -0.25) is 20.2 Å². The van der Waals surface area contributed by atoms with Crippen LogP contribution in [0.4, 0.5) is 10.8 Å². The number of nitro groups is 1. The van der Waals surface area contributed by atoms with E-state index in [1.807, 2.05) is 12.1 Å². The zero-order valence-corrected chi connectivity index (χ0v) is 16.9. The summed E-state index contributed by atoms with van der Waals surface area (Å²) in [5.41, 5.74) is 1.02. The molecule has 0 bridgehead atoms. The lowest BCUT2D eigenvalue weighted by atomic mass is 10.0. The Morgan fingerprint density at radius 1 is 1.14 bits per heavy atom. The van der Waals surface area contributed by atoms with Gasteiger partial charge in [-0.2, -0.15) is 0 Å². The van der Waals surface area contributed by atoms with Crippen LogP contribution in [0.5, 0.6) is 0 Å². The maximum absolute atomic E-state index is 12.7. The Kier molecular flexibility index (Phi) is 5.10. The molecule has 0 saturated heterocycles. The van der Waals surface area contributed by atoms with Crippen molar-refractivity contribution < 1.29 is 9.72 Å². The lowest BCUT2D eigenvalue weighted by molar-refractivity contribution is -0.384. The fraction of sp³-hybridized carbons (Fsp3) is 0. The second kappa shape index (κ2) is 7.70. The molecule has 144 valence electrons. The molecule has 10 heteroatoms. The van der Waals surface area contributed by atoms with Crippen LogP contribution in [0, 0.1) is 10.1 Å². The fourth-order valence-electron chi connectivity index (χ4n) is 2.85. The number of nitrogens with zero attached hydrogens (tertiary/aromatic N) is 2. The van der Waals surface area contributed by atoms with E-state index in [9.17, 15) is 14.9 Å². The molecule has 4 aromatic rings. The number of hydrogen-bond donors (Lipinski definition) is 2. The first-order chi connectivity index (χ1) is 13.9. The quantitative estimate of drug-likeness (QED) is 0.259. The molecule has 1 amide bonds. The molecule has 2 N–H and O–H groups in total. The van der Waals surface area contributed by atoms with Crippen molar-refractivity contribution in [2.24, 2.45) is 0 Å². The summed E-state index contributed by atoms with van der Waals surface area (Å²) >= 11 is 12.6. The number of nitrogens with one attached hydrogen (secondary N) is 2. The molecule has 3 aromatic carbocycles. The van der Waals surface area contributed by atoms with Crippen molar-refractivity contribution in [2.75, 3.05) is 5.32 Å². The number of thiocarbonyl (C=S) groups is 1. The van der Waals surface area contributed by atoms with Crippen LogP contribution in [0.2, 0.25) is 5.02 Å². The Balaban J connectivity index is 1.53. The highest BCUT2D eigenvalue weighted by molar-refractivity contribution is 7.80. The van der Waals surface area contributed by atoms with Gasteiger partial charge in [-0.15, -0.1) is 0 Å². The van der Waals surface area contributed by atoms with Crippen LogP contribution in [0.15, 0.2) is 54.6 Å². The van der Waals surface area contributed by atoms with Crippen LogP contribution in [0.1, 0.15) is 10.4 Å². The molecule has 0 radical (unpaired) electrons. The first kappa shape index (κ1) is 19.2. The normalized spacial score (nSPS) is 10.8. The standard InChI is InChI=1S/C19H11ClN4O3S2/c20-14-6-2-3-11-12(14)4-1-5-13(11)17(25)22-18(28)23-19-21-15-8-7-10(24(26)27)9-16(15)29-19/h1-9H,(H2,21,22,23,25,28). The second-order valence-corrected chi connectivity index (χ2v) is 7.82. The van der Waals surface area contributed by atoms with Crippen LogP contribution in [-0.4, -0.2) is 20.9 Å². The third-order valence-corrected chi connectivity index (χ3v) is 5.61. The Hall–Kier alpha value is -3.14. The number of thiazole rings is 1. The van der Waals surface area contributed by atoms with Gasteiger partial charge in [0.1, 0.15) is 0 Å². The number of hydrogen-bond acceptors (Lipinski definition) is 6. The third kappa shape index (κ3) is 3.88. The van der Waals surface area contributed by atoms with Crippen molar-refractivity contribution in [3.8, 4) is 0 Å². The Bertz CT molecular complexity index is 1310. The van der Waals surface area contributed by atoms with E-state index < -0.39 is 4.92 Å². The number of non-ortho nitro benzene ring substituents is 1. The summed E-state index contributed by atoms with van der Waals surface area (Å²) in [7, 11) is 0. The van der Waals surface area contributed by atoms with E-state index in [2.05, 4.69) is 15.6 Å². The number of amides is 1. The summed E-state index contributed by atoms with van der Waals surface area (Å²) < 4.78 is 0.638. The molecular weight excluding hydrogens is 432 g/mol. The molecule has 29 heavy (non-hydrogen) atoms. The summed E-state index contributed by atoms with van der Waals surface area (Å²) in [6.45, 7) is 0. The number of rotatable bonds is 3. The molecule has 0 saturated carbocycles. The van der Waals surface area contributed by atoms with E-state index >= 15 is 0 Å². The maximum Gasteiger partial charge on any atom is 0.270 e. The Morgan fingerprint density at radius 3 is 2.69 bits per heavy atom. The van der Waals surface area contributed by atoms with Crippen molar-refractivity contribution in [1.29, 1.82) is 0 Å². The minimum atomic E-state index is -0.465. The number of aromatic nitrogens is 1. The monoisotopic (exact) mass is 442 g/mol. The molecule has 7 nitrogen and oxygen atoms in total. The zero-order chi connectivity index (χ0) is 20.5. The van der Waals surface area contributed by atoms with E-state index in [1.165, 1.54) is 23.5 Å². The van der Waals surface area contributed by atoms with Crippen molar-refractivity contribution in [2.45, 2.75) is 0 Å². The topological polar surface area (TPSA) is 97.2 Å². The molecule has 0 fully saturated rings. The van der Waals surface area contributed by atoms with Crippen LogP contribution in [0.3, 0.4) is 0 Å². The Labute approximate surface area is 178 Å². The SMILES string of the molecule is O=C(NC(=S)Nc1nc2ccc([N+](=O)[O-])cc2s1)c1cccc2c(Cl)cccc12. The molecule has 0 aliphatic heterocycles. The summed E-state index contributed by atoms with van der Waals surface area (Å²) in [5.74, 6) is -0.382. The van der Waals surface area contributed by atoms with Crippen LogP contribution in [-0.2, 0) is 0 Å².